The lowest BCUT2D eigenvalue weighted by atomic mass is 9.87. The number of nitrogens with zero attached hydrogens (tertiary/aromatic N) is 1. The summed E-state index contributed by atoms with van der Waals surface area (Å²) >= 11 is 0. The molecule has 0 amide bonds. The van der Waals surface area contributed by atoms with E-state index in [1.54, 1.807) is 0 Å². The molecule has 0 saturated heterocycles. The van der Waals surface area contributed by atoms with Crippen molar-refractivity contribution in [2.24, 2.45) is 11.1 Å². The van der Waals surface area contributed by atoms with Gasteiger partial charge in [-0.1, -0.05) is 25.9 Å². The lowest BCUT2D eigenvalue weighted by Crippen LogP contribution is -2.26. The fraction of sp³-hybridized carbons (Fsp3) is 1.00. The van der Waals surface area contributed by atoms with Gasteiger partial charge in [-0.25, -0.2) is 0 Å². The summed E-state index contributed by atoms with van der Waals surface area (Å²) in [6.45, 7) is 7.92. The Labute approximate surface area is 56.6 Å². The van der Waals surface area contributed by atoms with Crippen molar-refractivity contribution in [2.75, 3.05) is 0 Å². The normalized spacial score (nSPS) is 17.4. The first-order valence-corrected chi connectivity index (χ1v) is 3.41. The zero-order valence-corrected chi connectivity index (χ0v) is 6.64. The van der Waals surface area contributed by atoms with Crippen LogP contribution in [0.1, 0.15) is 34.1 Å². The van der Waals surface area contributed by atoms with Crippen LogP contribution in [0.5, 0.6) is 0 Å². The highest BCUT2D eigenvalue weighted by atomic mass is 16.3. The third-order valence-electron chi connectivity index (χ3n) is 2.17. The Morgan fingerprint density at radius 3 is 2.00 bits per heavy atom. The van der Waals surface area contributed by atoms with Gasteiger partial charge in [-0.2, -0.15) is 4.91 Å². The van der Waals surface area contributed by atoms with E-state index in [1.165, 1.54) is 0 Å². The van der Waals surface area contributed by atoms with Gasteiger partial charge in [0.2, 0.25) is 0 Å². The molecule has 0 fully saturated rings. The van der Waals surface area contributed by atoms with Crippen LogP contribution in [0.15, 0.2) is 5.18 Å². The fourth-order valence-corrected chi connectivity index (χ4v) is 0.578. The van der Waals surface area contributed by atoms with Crippen LogP contribution in [-0.2, 0) is 0 Å². The molecule has 9 heavy (non-hydrogen) atoms. The molecule has 0 N–H and O–H groups in total. The van der Waals surface area contributed by atoms with Crippen molar-refractivity contribution in [2.45, 2.75) is 39.7 Å². The van der Waals surface area contributed by atoms with E-state index in [1.807, 2.05) is 27.7 Å². The molecule has 0 saturated carbocycles. The van der Waals surface area contributed by atoms with Gasteiger partial charge in [0.25, 0.3) is 0 Å². The lowest BCUT2D eigenvalue weighted by Gasteiger charge is -2.23. The molecule has 2 heteroatoms. The van der Waals surface area contributed by atoms with Gasteiger partial charge in [-0.15, -0.1) is 0 Å². The SMILES string of the molecule is CCC(C)(N=O)C(C)C. The molecule has 0 aliphatic carbocycles. The molecule has 0 aliphatic heterocycles. The molecule has 0 aromatic heterocycles. The van der Waals surface area contributed by atoms with E-state index in [2.05, 4.69) is 5.18 Å². The summed E-state index contributed by atoms with van der Waals surface area (Å²) in [7, 11) is 0. The van der Waals surface area contributed by atoms with Crippen molar-refractivity contribution in [3.05, 3.63) is 4.91 Å². The largest absolute Gasteiger partial charge is 0.150 e. The van der Waals surface area contributed by atoms with Crippen molar-refractivity contribution in [3.8, 4) is 0 Å². The maximum atomic E-state index is 10.2. The predicted octanol–water partition coefficient (Wildman–Crippen LogP) is 2.58. The summed E-state index contributed by atoms with van der Waals surface area (Å²) in [5, 5.41) is 3.09. The summed E-state index contributed by atoms with van der Waals surface area (Å²) in [5.41, 5.74) is -0.347. The fourth-order valence-electron chi connectivity index (χ4n) is 0.578. The van der Waals surface area contributed by atoms with Crippen molar-refractivity contribution < 1.29 is 0 Å². The lowest BCUT2D eigenvalue weighted by molar-refractivity contribution is 0.329. The van der Waals surface area contributed by atoms with E-state index >= 15 is 0 Å². The number of hydrogen-bond donors (Lipinski definition) is 0. The Balaban J connectivity index is 4.08. The highest BCUT2D eigenvalue weighted by molar-refractivity contribution is 4.83. The second kappa shape index (κ2) is 2.95. The molecular formula is C7H15NO. The summed E-state index contributed by atoms with van der Waals surface area (Å²) in [6.07, 6.45) is 0.828. The van der Waals surface area contributed by atoms with Crippen molar-refractivity contribution in [1.82, 2.24) is 0 Å². The van der Waals surface area contributed by atoms with Gasteiger partial charge in [-0.3, -0.25) is 0 Å². The van der Waals surface area contributed by atoms with E-state index in [0.29, 0.717) is 5.92 Å². The zero-order valence-electron chi connectivity index (χ0n) is 6.64. The third-order valence-corrected chi connectivity index (χ3v) is 2.17. The highest BCUT2D eigenvalue weighted by Gasteiger charge is 2.26. The van der Waals surface area contributed by atoms with Gasteiger partial charge >= 0.3 is 0 Å². The number of rotatable bonds is 3. The minimum absolute atomic E-state index is 0.347. The molecule has 0 rings (SSSR count). The molecular weight excluding hydrogens is 114 g/mol. The Morgan fingerprint density at radius 1 is 1.56 bits per heavy atom. The van der Waals surface area contributed by atoms with E-state index in [9.17, 15) is 4.91 Å². The molecule has 0 radical (unpaired) electrons. The minimum atomic E-state index is -0.347. The number of nitroso groups, excluding NO2 is 1. The standard InChI is InChI=1S/C7H15NO/c1-5-7(4,8-9)6(2)3/h6H,5H2,1-4H3. The van der Waals surface area contributed by atoms with Gasteiger partial charge < -0.3 is 0 Å². The van der Waals surface area contributed by atoms with E-state index in [-0.39, 0.29) is 5.54 Å². The van der Waals surface area contributed by atoms with Gasteiger partial charge in [0.15, 0.2) is 0 Å². The van der Waals surface area contributed by atoms with Gasteiger partial charge in [-0.05, 0) is 19.3 Å². The topological polar surface area (TPSA) is 29.4 Å². The average Bonchev–Trinajstić information content (AvgIpc) is 1.86. The molecule has 54 valence electrons. The molecule has 0 bridgehead atoms. The summed E-state index contributed by atoms with van der Waals surface area (Å²) in [6, 6.07) is 0. The average molecular weight is 129 g/mol. The zero-order chi connectivity index (χ0) is 7.49. The Morgan fingerprint density at radius 2 is 2.00 bits per heavy atom. The maximum absolute atomic E-state index is 10.2. The Bertz CT molecular complexity index is 101. The maximum Gasteiger partial charge on any atom is 0.102 e. The summed E-state index contributed by atoms with van der Waals surface area (Å²) in [4.78, 5) is 10.2. The highest BCUT2D eigenvalue weighted by Crippen LogP contribution is 2.24. The molecule has 0 aliphatic rings. The van der Waals surface area contributed by atoms with Gasteiger partial charge in [0.05, 0.1) is 0 Å². The van der Waals surface area contributed by atoms with Crippen LogP contribution in [0.3, 0.4) is 0 Å². The monoisotopic (exact) mass is 129 g/mol. The van der Waals surface area contributed by atoms with Crippen molar-refractivity contribution >= 4 is 0 Å². The molecule has 0 heterocycles. The van der Waals surface area contributed by atoms with Crippen LogP contribution >= 0.6 is 0 Å². The van der Waals surface area contributed by atoms with Crippen LogP contribution in [0.4, 0.5) is 0 Å². The molecule has 2 nitrogen and oxygen atoms in total. The second-order valence-corrected chi connectivity index (χ2v) is 2.96. The molecule has 1 unspecified atom stereocenters. The number of hydrogen-bond acceptors (Lipinski definition) is 2. The summed E-state index contributed by atoms with van der Waals surface area (Å²) < 4.78 is 0. The second-order valence-electron chi connectivity index (χ2n) is 2.96. The van der Waals surface area contributed by atoms with Crippen LogP contribution in [0.2, 0.25) is 0 Å². The van der Waals surface area contributed by atoms with E-state index in [0.717, 1.165) is 6.42 Å². The van der Waals surface area contributed by atoms with Crippen LogP contribution < -0.4 is 0 Å². The van der Waals surface area contributed by atoms with Gasteiger partial charge in [0.1, 0.15) is 5.54 Å². The predicted molar refractivity (Wildman–Crippen MR) is 39.3 cm³/mol. The van der Waals surface area contributed by atoms with E-state index < -0.39 is 0 Å². The van der Waals surface area contributed by atoms with Crippen LogP contribution in [0.25, 0.3) is 0 Å². The first-order chi connectivity index (χ1) is 4.06. The third kappa shape index (κ3) is 1.77. The Hall–Kier alpha value is -0.400. The summed E-state index contributed by atoms with van der Waals surface area (Å²) in [5.74, 6) is 0.347. The molecule has 0 aromatic rings. The first-order valence-electron chi connectivity index (χ1n) is 3.41. The van der Waals surface area contributed by atoms with Crippen molar-refractivity contribution in [1.29, 1.82) is 0 Å². The molecule has 1 atom stereocenters. The first kappa shape index (κ1) is 8.60. The van der Waals surface area contributed by atoms with Crippen LogP contribution in [0, 0.1) is 10.8 Å². The van der Waals surface area contributed by atoms with E-state index in [4.69, 9.17) is 0 Å². The van der Waals surface area contributed by atoms with Crippen LogP contribution in [-0.4, -0.2) is 5.54 Å². The minimum Gasteiger partial charge on any atom is -0.150 e. The Kier molecular flexibility index (Phi) is 2.82. The smallest absolute Gasteiger partial charge is 0.102 e. The molecule has 0 aromatic carbocycles. The van der Waals surface area contributed by atoms with Crippen molar-refractivity contribution in [3.63, 3.8) is 0 Å². The quantitative estimate of drug-likeness (QED) is 0.538. The molecule has 0 spiro atoms. The van der Waals surface area contributed by atoms with Gasteiger partial charge in [0, 0.05) is 0 Å².